The van der Waals surface area contributed by atoms with Crippen molar-refractivity contribution in [3.8, 4) is 0 Å². The van der Waals surface area contributed by atoms with Crippen LogP contribution in [0.4, 0.5) is 0 Å². The van der Waals surface area contributed by atoms with Crippen molar-refractivity contribution >= 4 is 18.0 Å². The molecule has 0 atom stereocenters. The van der Waals surface area contributed by atoms with Gasteiger partial charge in [0.1, 0.15) is 0 Å². The average molecular weight is 141 g/mol. The summed E-state index contributed by atoms with van der Waals surface area (Å²) >= 11 is 1.75. The fourth-order valence-corrected chi connectivity index (χ4v) is 1.61. The highest BCUT2D eigenvalue weighted by atomic mass is 32.2. The predicted molar refractivity (Wildman–Crippen MR) is 43.9 cm³/mol. The average Bonchev–Trinajstić information content (AvgIpc) is 2.33. The standard InChI is InChI=1S/C7H11NS/c1-3-6-4-5-8-7(6)9-2/h5H,3-4H2,1-2H3. The van der Waals surface area contributed by atoms with Crippen LogP contribution in [0.2, 0.25) is 0 Å². The van der Waals surface area contributed by atoms with E-state index in [0.29, 0.717) is 0 Å². The second kappa shape index (κ2) is 3.06. The quantitative estimate of drug-likeness (QED) is 0.575. The first-order valence-electron chi connectivity index (χ1n) is 3.17. The molecule has 0 spiro atoms. The van der Waals surface area contributed by atoms with Gasteiger partial charge in [0.2, 0.25) is 0 Å². The van der Waals surface area contributed by atoms with Crippen molar-refractivity contribution in [2.24, 2.45) is 4.99 Å². The maximum atomic E-state index is 4.22. The van der Waals surface area contributed by atoms with E-state index in [1.165, 1.54) is 10.6 Å². The lowest BCUT2D eigenvalue weighted by Crippen LogP contribution is -1.77. The van der Waals surface area contributed by atoms with Crippen LogP contribution in [0.25, 0.3) is 0 Å². The van der Waals surface area contributed by atoms with Gasteiger partial charge in [0.25, 0.3) is 0 Å². The lowest BCUT2D eigenvalue weighted by atomic mass is 10.2. The topological polar surface area (TPSA) is 12.4 Å². The highest BCUT2D eigenvalue weighted by Gasteiger charge is 2.05. The second-order valence-corrected chi connectivity index (χ2v) is 2.78. The summed E-state index contributed by atoms with van der Waals surface area (Å²) < 4.78 is 0. The van der Waals surface area contributed by atoms with Crippen molar-refractivity contribution in [2.75, 3.05) is 6.26 Å². The molecular formula is C7H11NS. The van der Waals surface area contributed by atoms with Gasteiger partial charge in [-0.15, -0.1) is 11.8 Å². The molecule has 0 N–H and O–H groups in total. The third-order valence-electron chi connectivity index (χ3n) is 1.47. The molecule has 0 saturated heterocycles. The minimum Gasteiger partial charge on any atom is -0.254 e. The molecule has 0 aromatic carbocycles. The number of hydrogen-bond donors (Lipinski definition) is 0. The second-order valence-electron chi connectivity index (χ2n) is 1.98. The van der Waals surface area contributed by atoms with E-state index < -0.39 is 0 Å². The van der Waals surface area contributed by atoms with Crippen LogP contribution in [-0.4, -0.2) is 12.5 Å². The molecular weight excluding hydrogens is 130 g/mol. The van der Waals surface area contributed by atoms with Gasteiger partial charge in [0.15, 0.2) is 0 Å². The van der Waals surface area contributed by atoms with Crippen LogP contribution in [0.15, 0.2) is 15.6 Å². The molecule has 9 heavy (non-hydrogen) atoms. The SMILES string of the molecule is CCC1=C(SC)N=CC1. The Hall–Kier alpha value is -0.240. The maximum absolute atomic E-state index is 4.22. The van der Waals surface area contributed by atoms with Crippen molar-refractivity contribution < 1.29 is 0 Å². The molecule has 1 nitrogen and oxygen atoms in total. The van der Waals surface area contributed by atoms with Crippen molar-refractivity contribution in [1.82, 2.24) is 0 Å². The van der Waals surface area contributed by atoms with Crippen molar-refractivity contribution in [2.45, 2.75) is 19.8 Å². The maximum Gasteiger partial charge on any atom is 0.0948 e. The third-order valence-corrected chi connectivity index (χ3v) is 2.25. The van der Waals surface area contributed by atoms with Crippen LogP contribution in [0.1, 0.15) is 19.8 Å². The van der Waals surface area contributed by atoms with Gasteiger partial charge in [-0.2, -0.15) is 0 Å². The molecule has 1 aliphatic heterocycles. The molecule has 0 aromatic rings. The monoisotopic (exact) mass is 141 g/mol. The number of rotatable bonds is 2. The van der Waals surface area contributed by atoms with Gasteiger partial charge < -0.3 is 0 Å². The molecule has 50 valence electrons. The minimum absolute atomic E-state index is 1.08. The summed E-state index contributed by atoms with van der Waals surface area (Å²) in [5.41, 5.74) is 1.49. The number of aliphatic imine (C=N–C) groups is 1. The van der Waals surface area contributed by atoms with E-state index in [1.54, 1.807) is 11.8 Å². The molecule has 1 aliphatic rings. The smallest absolute Gasteiger partial charge is 0.0948 e. The summed E-state index contributed by atoms with van der Waals surface area (Å²) in [4.78, 5) is 4.22. The molecule has 0 aliphatic carbocycles. The molecule has 2 heteroatoms. The first-order chi connectivity index (χ1) is 4.38. The third kappa shape index (κ3) is 1.36. The zero-order valence-corrected chi connectivity index (χ0v) is 6.66. The highest BCUT2D eigenvalue weighted by molar-refractivity contribution is 8.02. The number of allylic oxidation sites excluding steroid dienone is 1. The van der Waals surface area contributed by atoms with Crippen LogP contribution < -0.4 is 0 Å². The summed E-state index contributed by atoms with van der Waals surface area (Å²) in [6.07, 6.45) is 6.29. The fourth-order valence-electron chi connectivity index (χ4n) is 0.910. The fraction of sp³-hybridized carbons (Fsp3) is 0.571. The summed E-state index contributed by atoms with van der Waals surface area (Å²) in [5, 5.41) is 1.23. The van der Waals surface area contributed by atoms with Gasteiger partial charge in [0.05, 0.1) is 5.03 Å². The predicted octanol–water partition coefficient (Wildman–Crippen LogP) is 2.45. The van der Waals surface area contributed by atoms with Gasteiger partial charge in [-0.3, -0.25) is 4.99 Å². The Labute approximate surface area is 60.3 Å². The first-order valence-corrected chi connectivity index (χ1v) is 4.39. The van der Waals surface area contributed by atoms with E-state index in [2.05, 4.69) is 18.2 Å². The Kier molecular flexibility index (Phi) is 2.34. The van der Waals surface area contributed by atoms with E-state index in [1.807, 2.05) is 6.21 Å². The molecule has 0 unspecified atom stereocenters. The van der Waals surface area contributed by atoms with E-state index in [4.69, 9.17) is 0 Å². The Morgan fingerprint density at radius 3 is 3.00 bits per heavy atom. The molecule has 0 radical (unpaired) electrons. The summed E-state index contributed by atoms with van der Waals surface area (Å²) in [7, 11) is 0. The number of nitrogens with zero attached hydrogens (tertiary/aromatic N) is 1. The van der Waals surface area contributed by atoms with Crippen LogP contribution in [0, 0.1) is 0 Å². The molecule has 0 aromatic heterocycles. The van der Waals surface area contributed by atoms with Crippen molar-refractivity contribution in [3.05, 3.63) is 10.6 Å². The van der Waals surface area contributed by atoms with Crippen LogP contribution >= 0.6 is 11.8 Å². The zero-order valence-electron chi connectivity index (χ0n) is 5.85. The normalized spacial score (nSPS) is 17.6. The zero-order chi connectivity index (χ0) is 6.69. The Morgan fingerprint density at radius 1 is 1.78 bits per heavy atom. The van der Waals surface area contributed by atoms with Crippen LogP contribution in [-0.2, 0) is 0 Å². The molecule has 0 bridgehead atoms. The van der Waals surface area contributed by atoms with Gasteiger partial charge in [-0.05, 0) is 18.2 Å². The molecule has 1 rings (SSSR count). The van der Waals surface area contributed by atoms with E-state index in [-0.39, 0.29) is 0 Å². The van der Waals surface area contributed by atoms with Gasteiger partial charge in [-0.25, -0.2) is 0 Å². The Bertz CT molecular complexity index is 158. The summed E-state index contributed by atoms with van der Waals surface area (Å²) in [5.74, 6) is 0. The number of hydrogen-bond acceptors (Lipinski definition) is 2. The van der Waals surface area contributed by atoms with Crippen molar-refractivity contribution in [3.63, 3.8) is 0 Å². The molecule has 1 heterocycles. The van der Waals surface area contributed by atoms with E-state index in [0.717, 1.165) is 12.8 Å². The summed E-state index contributed by atoms with van der Waals surface area (Å²) in [6, 6.07) is 0. The lowest BCUT2D eigenvalue weighted by molar-refractivity contribution is 1.07. The molecule has 0 fully saturated rings. The van der Waals surface area contributed by atoms with Crippen LogP contribution in [0.5, 0.6) is 0 Å². The Morgan fingerprint density at radius 2 is 2.56 bits per heavy atom. The van der Waals surface area contributed by atoms with Crippen molar-refractivity contribution in [1.29, 1.82) is 0 Å². The van der Waals surface area contributed by atoms with Crippen LogP contribution in [0.3, 0.4) is 0 Å². The Balaban J connectivity index is 2.67. The molecule has 0 saturated carbocycles. The minimum atomic E-state index is 1.08. The highest BCUT2D eigenvalue weighted by Crippen LogP contribution is 2.26. The van der Waals surface area contributed by atoms with Gasteiger partial charge in [-0.1, -0.05) is 6.92 Å². The van der Waals surface area contributed by atoms with E-state index in [9.17, 15) is 0 Å². The molecule has 0 amide bonds. The van der Waals surface area contributed by atoms with Gasteiger partial charge >= 0.3 is 0 Å². The van der Waals surface area contributed by atoms with Gasteiger partial charge in [0, 0.05) is 12.6 Å². The van der Waals surface area contributed by atoms with E-state index >= 15 is 0 Å². The summed E-state index contributed by atoms with van der Waals surface area (Å²) in [6.45, 7) is 2.18. The lowest BCUT2D eigenvalue weighted by Gasteiger charge is -1.96. The first kappa shape index (κ1) is 6.87. The number of thioether (sulfide) groups is 1. The largest absolute Gasteiger partial charge is 0.254 e.